The molecule has 2 aliphatic carbocycles. The maximum Gasteiger partial charge on any atom is 0.250 e. The van der Waals surface area contributed by atoms with Gasteiger partial charge < -0.3 is 15.2 Å². The van der Waals surface area contributed by atoms with Crippen LogP contribution in [0.1, 0.15) is 46.7 Å². The minimum atomic E-state index is -3.74. The predicted molar refractivity (Wildman–Crippen MR) is 122 cm³/mol. The number of hydrogen-bond acceptors (Lipinski definition) is 5. The van der Waals surface area contributed by atoms with E-state index in [1.807, 2.05) is 0 Å². The summed E-state index contributed by atoms with van der Waals surface area (Å²) in [5.41, 5.74) is 5.81. The van der Waals surface area contributed by atoms with Crippen LogP contribution in [0, 0.1) is 0 Å². The van der Waals surface area contributed by atoms with E-state index in [0.29, 0.717) is 18.7 Å². The summed E-state index contributed by atoms with van der Waals surface area (Å²) in [7, 11) is -2.12. The molecular weight excluding hydrogens is 428 g/mol. The lowest BCUT2D eigenvalue weighted by molar-refractivity contribution is -0.117. The fourth-order valence-electron chi connectivity index (χ4n) is 4.92. The Morgan fingerprint density at radius 1 is 1.09 bits per heavy atom. The van der Waals surface area contributed by atoms with E-state index in [-0.39, 0.29) is 5.56 Å². The number of hydrogen-bond donors (Lipinski definition) is 3. The summed E-state index contributed by atoms with van der Waals surface area (Å²) in [4.78, 5) is 25.8. The maximum absolute atomic E-state index is 13.6. The van der Waals surface area contributed by atoms with Gasteiger partial charge >= 0.3 is 0 Å². The number of amides is 1. The first-order chi connectivity index (χ1) is 15.3. The molecule has 32 heavy (non-hydrogen) atoms. The molecule has 0 saturated carbocycles. The molecule has 1 amide bonds. The molecule has 1 aromatic heterocycles. The van der Waals surface area contributed by atoms with Gasteiger partial charge in [0.1, 0.15) is 11.3 Å². The second-order valence-corrected chi connectivity index (χ2v) is 11.0. The van der Waals surface area contributed by atoms with Gasteiger partial charge in [0.05, 0.1) is 0 Å². The first-order valence-electron chi connectivity index (χ1n) is 11.2. The lowest BCUT2D eigenvalue weighted by atomic mass is 9.98. The van der Waals surface area contributed by atoms with Gasteiger partial charge in [-0.3, -0.25) is 9.59 Å². The Morgan fingerprint density at radius 3 is 2.31 bits per heavy atom. The van der Waals surface area contributed by atoms with E-state index < -0.39 is 27.2 Å². The zero-order valence-corrected chi connectivity index (χ0v) is 18.9. The van der Waals surface area contributed by atoms with E-state index in [9.17, 15) is 18.0 Å². The average Bonchev–Trinajstić information content (AvgIpc) is 3.35. The number of sulfonamides is 1. The average molecular weight is 457 g/mol. The number of aryl methyl sites for hydroxylation is 3. The van der Waals surface area contributed by atoms with Crippen molar-refractivity contribution in [3.05, 3.63) is 62.6 Å². The number of aromatic nitrogens is 1. The highest BCUT2D eigenvalue weighted by Crippen LogP contribution is 2.39. The largest absolute Gasteiger partial charge is 0.324 e. The van der Waals surface area contributed by atoms with Crippen LogP contribution >= 0.6 is 0 Å². The normalized spacial score (nSPS) is 18.7. The molecule has 8 nitrogen and oxygen atoms in total. The number of fused-ring (bicyclic) bond motifs is 2. The van der Waals surface area contributed by atoms with Crippen LogP contribution in [0.15, 0.2) is 29.2 Å². The van der Waals surface area contributed by atoms with Gasteiger partial charge in [-0.15, -0.1) is 0 Å². The Morgan fingerprint density at radius 2 is 1.75 bits per heavy atom. The van der Waals surface area contributed by atoms with Crippen molar-refractivity contribution < 1.29 is 13.2 Å². The van der Waals surface area contributed by atoms with Crippen molar-refractivity contribution in [3.63, 3.8) is 0 Å². The zero-order chi connectivity index (χ0) is 22.5. The van der Waals surface area contributed by atoms with Crippen molar-refractivity contribution in [2.75, 3.05) is 18.4 Å². The van der Waals surface area contributed by atoms with E-state index in [0.717, 1.165) is 44.2 Å². The molecule has 2 heterocycles. The molecule has 3 N–H and O–H groups in total. The fourth-order valence-corrected chi connectivity index (χ4v) is 6.36. The van der Waals surface area contributed by atoms with Crippen molar-refractivity contribution in [3.8, 4) is 0 Å². The molecule has 0 spiro atoms. The molecule has 1 aliphatic heterocycles. The summed E-state index contributed by atoms with van der Waals surface area (Å²) in [6, 6.07) is 4.05. The van der Waals surface area contributed by atoms with Crippen LogP contribution in [0.3, 0.4) is 0 Å². The van der Waals surface area contributed by atoms with E-state index in [1.54, 1.807) is 19.3 Å². The van der Waals surface area contributed by atoms with Crippen molar-refractivity contribution in [2.24, 2.45) is 7.05 Å². The fraction of sp³-hybridized carbons (Fsp3) is 0.478. The number of carbonyl (C=O) groups is 1. The Kier molecular flexibility index (Phi) is 5.43. The topological polar surface area (TPSA) is 109 Å². The van der Waals surface area contributed by atoms with Gasteiger partial charge in [-0.2, -0.15) is 4.72 Å². The van der Waals surface area contributed by atoms with Crippen LogP contribution in [0.2, 0.25) is 0 Å². The Bertz CT molecular complexity index is 1220. The molecule has 1 aromatic carbocycles. The molecule has 3 aliphatic rings. The third-order valence-electron chi connectivity index (χ3n) is 6.91. The summed E-state index contributed by atoms with van der Waals surface area (Å²) in [6.07, 6.45) is 7.49. The molecule has 5 rings (SSSR count). The molecule has 2 aromatic rings. The Hall–Kier alpha value is -2.49. The van der Waals surface area contributed by atoms with Gasteiger partial charge in [0.25, 0.3) is 5.56 Å². The maximum atomic E-state index is 13.6. The third kappa shape index (κ3) is 3.78. The predicted octanol–water partition coefficient (Wildman–Crippen LogP) is 0.934. The third-order valence-corrected chi connectivity index (χ3v) is 8.69. The van der Waals surface area contributed by atoms with E-state index >= 15 is 0 Å². The van der Waals surface area contributed by atoms with Gasteiger partial charge in [-0.25, -0.2) is 8.42 Å². The molecule has 1 saturated heterocycles. The first-order valence-corrected chi connectivity index (χ1v) is 12.7. The molecule has 1 fully saturated rings. The monoisotopic (exact) mass is 456 g/mol. The summed E-state index contributed by atoms with van der Waals surface area (Å²) >= 11 is 0. The van der Waals surface area contributed by atoms with Gasteiger partial charge in [-0.05, 0) is 72.4 Å². The van der Waals surface area contributed by atoms with E-state index in [2.05, 4.69) is 21.4 Å². The quantitative estimate of drug-likeness (QED) is 0.599. The van der Waals surface area contributed by atoms with E-state index in [4.69, 9.17) is 0 Å². The van der Waals surface area contributed by atoms with Gasteiger partial charge in [0.2, 0.25) is 15.9 Å². The molecule has 170 valence electrons. The van der Waals surface area contributed by atoms with Crippen molar-refractivity contribution in [1.82, 2.24) is 14.6 Å². The van der Waals surface area contributed by atoms with Crippen molar-refractivity contribution in [1.29, 1.82) is 0 Å². The SMILES string of the molecule is Cn1ccc(C(NS(=O)(=O)C2CNC2)C(=O)Nc2c3c(cc4c2CCC4)CCC3)cc1=O. The molecule has 0 radical (unpaired) electrons. The van der Waals surface area contributed by atoms with Gasteiger partial charge in [0.15, 0.2) is 0 Å². The van der Waals surface area contributed by atoms with Gasteiger partial charge in [-0.1, -0.05) is 6.07 Å². The lowest BCUT2D eigenvalue weighted by Crippen LogP contribution is -2.56. The molecule has 1 atom stereocenters. The molecular formula is C23H28N4O4S. The summed E-state index contributed by atoms with van der Waals surface area (Å²) < 4.78 is 29.7. The highest BCUT2D eigenvalue weighted by molar-refractivity contribution is 7.90. The summed E-state index contributed by atoms with van der Waals surface area (Å²) in [6.45, 7) is 0.694. The lowest BCUT2D eigenvalue weighted by Gasteiger charge is -2.29. The van der Waals surface area contributed by atoms with Crippen LogP contribution in [-0.4, -0.2) is 37.2 Å². The minimum absolute atomic E-state index is 0.300. The second-order valence-electron chi connectivity index (χ2n) is 9.01. The number of benzene rings is 1. The first kappa shape index (κ1) is 21.4. The molecule has 0 bridgehead atoms. The highest BCUT2D eigenvalue weighted by Gasteiger charge is 2.36. The number of anilines is 1. The van der Waals surface area contributed by atoms with Crippen molar-refractivity contribution >= 4 is 21.6 Å². The smallest absolute Gasteiger partial charge is 0.250 e. The number of nitrogens with zero attached hydrogens (tertiary/aromatic N) is 1. The standard InChI is InChI=1S/C23H28N4O4S/c1-27-9-8-16(11-20(27)28)21(26-32(30,31)17-12-24-13-17)23(29)25-22-18-6-2-4-14(18)10-15-5-3-7-19(15)22/h8-11,17,21,24,26H,2-7,12-13H2,1H3,(H,25,29). The summed E-state index contributed by atoms with van der Waals surface area (Å²) in [5.74, 6) is -0.455. The van der Waals surface area contributed by atoms with Crippen LogP contribution in [0.5, 0.6) is 0 Å². The molecule has 9 heteroatoms. The highest BCUT2D eigenvalue weighted by atomic mass is 32.2. The van der Waals surface area contributed by atoms with Crippen LogP contribution in [-0.2, 0) is 47.5 Å². The Balaban J connectivity index is 1.51. The summed E-state index contributed by atoms with van der Waals surface area (Å²) in [5, 5.41) is 5.44. The zero-order valence-electron chi connectivity index (χ0n) is 18.1. The number of nitrogens with one attached hydrogen (secondary N) is 3. The minimum Gasteiger partial charge on any atom is -0.324 e. The van der Waals surface area contributed by atoms with Crippen molar-refractivity contribution in [2.45, 2.75) is 49.8 Å². The second kappa shape index (κ2) is 8.13. The van der Waals surface area contributed by atoms with Crippen LogP contribution in [0.25, 0.3) is 0 Å². The van der Waals surface area contributed by atoms with Crippen LogP contribution in [0.4, 0.5) is 5.69 Å². The van der Waals surface area contributed by atoms with E-state index in [1.165, 1.54) is 32.9 Å². The number of pyridine rings is 1. The van der Waals surface area contributed by atoms with Crippen LogP contribution < -0.4 is 20.9 Å². The molecule has 1 unspecified atom stereocenters. The number of rotatable bonds is 6. The van der Waals surface area contributed by atoms with Gasteiger partial charge in [0, 0.05) is 38.1 Å². The Labute approximate surface area is 187 Å². The number of carbonyl (C=O) groups excluding carboxylic acids is 1.